The molecule has 1 saturated carbocycles. The molecule has 0 spiro atoms. The third-order valence-corrected chi connectivity index (χ3v) is 9.46. The number of piperazine rings is 1. The van der Waals surface area contributed by atoms with Crippen LogP contribution in [0.15, 0.2) is 60.3 Å². The number of aromatic nitrogens is 1. The Bertz CT molecular complexity index is 1170. The van der Waals surface area contributed by atoms with Gasteiger partial charge in [0.1, 0.15) is 11.7 Å². The number of carbonyl (C=O) groups excluding carboxylic acids is 2. The smallest absolute Gasteiger partial charge is 0.410 e. The highest BCUT2D eigenvalue weighted by Crippen LogP contribution is 2.28. The monoisotopic (exact) mass is 623 g/mol. The van der Waals surface area contributed by atoms with Crippen LogP contribution in [0.25, 0.3) is 0 Å². The largest absolute Gasteiger partial charge is 0.457 e. The maximum absolute atomic E-state index is 13.4. The van der Waals surface area contributed by atoms with Gasteiger partial charge < -0.3 is 24.6 Å². The number of cyclic esters (lactones) is 1. The van der Waals surface area contributed by atoms with Gasteiger partial charge in [-0.05, 0) is 63.3 Å². The molecule has 3 heterocycles. The zero-order chi connectivity index (χ0) is 32.2. The number of amides is 1. The number of hydrogen-bond donors (Lipinski definition) is 2. The number of carbonyl (C=O) groups is 2. The van der Waals surface area contributed by atoms with Gasteiger partial charge in [0.15, 0.2) is 6.10 Å². The third kappa shape index (κ3) is 10.8. The second kappa shape index (κ2) is 17.1. The van der Waals surface area contributed by atoms with Crippen molar-refractivity contribution < 1.29 is 29.3 Å². The summed E-state index contributed by atoms with van der Waals surface area (Å²) >= 11 is 0. The van der Waals surface area contributed by atoms with Gasteiger partial charge in [0.2, 0.25) is 0 Å². The van der Waals surface area contributed by atoms with E-state index in [1.165, 1.54) is 38.5 Å². The molecule has 9 heteroatoms. The van der Waals surface area contributed by atoms with E-state index in [4.69, 9.17) is 9.47 Å². The lowest BCUT2D eigenvalue weighted by Gasteiger charge is -2.40. The molecule has 1 aromatic rings. The quantitative estimate of drug-likeness (QED) is 0.188. The molecule has 2 aliphatic heterocycles. The van der Waals surface area contributed by atoms with Crippen molar-refractivity contribution in [1.82, 2.24) is 14.8 Å². The van der Waals surface area contributed by atoms with Gasteiger partial charge in [0.05, 0.1) is 12.5 Å². The summed E-state index contributed by atoms with van der Waals surface area (Å²) in [4.78, 5) is 34.7. The zero-order valence-electron chi connectivity index (χ0n) is 27.4. The van der Waals surface area contributed by atoms with Gasteiger partial charge in [0, 0.05) is 56.5 Å². The summed E-state index contributed by atoms with van der Waals surface area (Å²) in [6, 6.07) is 6.39. The average molecular weight is 624 g/mol. The van der Waals surface area contributed by atoms with Crippen LogP contribution in [0.4, 0.5) is 4.79 Å². The molecule has 0 unspecified atom stereocenters. The molecule has 0 aromatic carbocycles. The lowest BCUT2D eigenvalue weighted by molar-refractivity contribution is -0.151. The first-order chi connectivity index (χ1) is 21.6. The summed E-state index contributed by atoms with van der Waals surface area (Å²) in [5.74, 6) is -0.782. The average Bonchev–Trinajstić information content (AvgIpc) is 3.32. The van der Waals surface area contributed by atoms with Crippen LogP contribution in [-0.4, -0.2) is 93.2 Å². The van der Waals surface area contributed by atoms with Crippen LogP contribution in [0.1, 0.15) is 84.3 Å². The van der Waals surface area contributed by atoms with Gasteiger partial charge in [-0.1, -0.05) is 63.0 Å². The molecular weight excluding hydrogens is 570 g/mol. The molecule has 5 atom stereocenters. The predicted octanol–water partition coefficient (Wildman–Crippen LogP) is 5.37. The molecule has 1 aromatic heterocycles. The first-order valence-corrected chi connectivity index (χ1v) is 16.8. The summed E-state index contributed by atoms with van der Waals surface area (Å²) in [5, 5.41) is 22.1. The first-order valence-electron chi connectivity index (χ1n) is 16.8. The van der Waals surface area contributed by atoms with Gasteiger partial charge >= 0.3 is 12.1 Å². The summed E-state index contributed by atoms with van der Waals surface area (Å²) in [6.07, 6.45) is 16.7. The summed E-state index contributed by atoms with van der Waals surface area (Å²) in [6.45, 7) is 8.29. The topological polar surface area (TPSA) is 112 Å². The van der Waals surface area contributed by atoms with Crippen molar-refractivity contribution >= 4 is 12.1 Å². The summed E-state index contributed by atoms with van der Waals surface area (Å²) in [5.41, 5.74) is 0.347. The van der Waals surface area contributed by atoms with Gasteiger partial charge in [-0.3, -0.25) is 14.7 Å². The Morgan fingerprint density at radius 2 is 1.84 bits per heavy atom. The molecule has 2 fully saturated rings. The summed E-state index contributed by atoms with van der Waals surface area (Å²) in [7, 11) is 0. The Labute approximate surface area is 269 Å². The molecule has 1 saturated heterocycles. The minimum absolute atomic E-state index is 0.150. The minimum Gasteiger partial charge on any atom is -0.457 e. The molecule has 1 aliphatic carbocycles. The second-order valence-corrected chi connectivity index (χ2v) is 13.2. The van der Waals surface area contributed by atoms with Gasteiger partial charge in [0.25, 0.3) is 0 Å². The molecule has 248 valence electrons. The number of pyridine rings is 1. The molecular formula is C36H53N3O6. The fraction of sp³-hybridized carbons (Fsp3) is 0.639. The van der Waals surface area contributed by atoms with Crippen molar-refractivity contribution in [1.29, 1.82) is 0 Å². The maximum Gasteiger partial charge on any atom is 0.410 e. The minimum atomic E-state index is -1.44. The van der Waals surface area contributed by atoms with E-state index in [2.05, 4.69) is 9.88 Å². The van der Waals surface area contributed by atoms with E-state index in [9.17, 15) is 19.8 Å². The predicted molar refractivity (Wildman–Crippen MR) is 174 cm³/mol. The number of aliphatic hydroxyl groups excluding tert-OH is 1. The first kappa shape index (κ1) is 34.9. The van der Waals surface area contributed by atoms with Crippen LogP contribution in [0, 0.1) is 5.92 Å². The van der Waals surface area contributed by atoms with E-state index in [-0.39, 0.29) is 25.2 Å². The highest BCUT2D eigenvalue weighted by atomic mass is 16.6. The Kier molecular flexibility index (Phi) is 13.2. The van der Waals surface area contributed by atoms with E-state index >= 15 is 0 Å². The van der Waals surface area contributed by atoms with Crippen molar-refractivity contribution in [3.63, 3.8) is 0 Å². The van der Waals surface area contributed by atoms with E-state index < -0.39 is 36.0 Å². The number of nitrogens with zero attached hydrogens (tertiary/aromatic N) is 3. The van der Waals surface area contributed by atoms with Crippen molar-refractivity contribution in [2.24, 2.45) is 5.92 Å². The van der Waals surface area contributed by atoms with E-state index in [0.717, 1.165) is 24.4 Å². The lowest BCUT2D eigenvalue weighted by Crippen LogP contribution is -2.53. The van der Waals surface area contributed by atoms with E-state index in [1.807, 2.05) is 56.4 Å². The number of ether oxygens (including phenoxy) is 2. The third-order valence-electron chi connectivity index (χ3n) is 9.46. The van der Waals surface area contributed by atoms with Gasteiger partial charge in [-0.25, -0.2) is 4.79 Å². The van der Waals surface area contributed by atoms with Crippen LogP contribution < -0.4 is 0 Å². The lowest BCUT2D eigenvalue weighted by atomic mass is 9.89. The highest BCUT2D eigenvalue weighted by Gasteiger charge is 2.37. The fourth-order valence-corrected chi connectivity index (χ4v) is 6.55. The van der Waals surface area contributed by atoms with E-state index in [1.54, 1.807) is 24.1 Å². The number of hydrogen-bond acceptors (Lipinski definition) is 8. The SMILES string of the molecule is C/C(=C\C=C\Cc1ccccn1)[C@H]1OC(=O)C[C@H](O)CC[C@@](C)(O)[C@H](OC(=O)N2CCN(C3CCCCCC3)CC2)/C=C/[C@@H]1C. The molecule has 4 rings (SSSR count). The van der Waals surface area contributed by atoms with Crippen molar-refractivity contribution in [2.75, 3.05) is 26.2 Å². The summed E-state index contributed by atoms with van der Waals surface area (Å²) < 4.78 is 11.8. The molecule has 9 nitrogen and oxygen atoms in total. The number of rotatable bonds is 6. The zero-order valence-corrected chi connectivity index (χ0v) is 27.4. The number of aliphatic hydroxyl groups is 2. The number of esters is 1. The number of allylic oxidation sites excluding steroid dienone is 3. The van der Waals surface area contributed by atoms with Gasteiger partial charge in [-0.15, -0.1) is 0 Å². The molecule has 45 heavy (non-hydrogen) atoms. The highest BCUT2D eigenvalue weighted by molar-refractivity contribution is 5.70. The van der Waals surface area contributed by atoms with Crippen molar-refractivity contribution in [3.05, 3.63) is 66.0 Å². The van der Waals surface area contributed by atoms with Crippen molar-refractivity contribution in [3.8, 4) is 0 Å². The van der Waals surface area contributed by atoms with E-state index in [0.29, 0.717) is 25.6 Å². The Hall–Kier alpha value is -3.01. The van der Waals surface area contributed by atoms with Crippen LogP contribution in [0.5, 0.6) is 0 Å². The Balaban J connectivity index is 1.44. The van der Waals surface area contributed by atoms with Crippen LogP contribution in [-0.2, 0) is 20.7 Å². The van der Waals surface area contributed by atoms with Crippen LogP contribution >= 0.6 is 0 Å². The Morgan fingerprint density at radius 3 is 2.53 bits per heavy atom. The molecule has 0 radical (unpaired) electrons. The van der Waals surface area contributed by atoms with Crippen LogP contribution in [0.2, 0.25) is 0 Å². The van der Waals surface area contributed by atoms with Gasteiger partial charge in [-0.2, -0.15) is 0 Å². The van der Waals surface area contributed by atoms with Crippen LogP contribution in [0.3, 0.4) is 0 Å². The molecule has 3 aliphatic rings. The molecule has 1 amide bonds. The second-order valence-electron chi connectivity index (χ2n) is 13.2. The molecule has 0 bridgehead atoms. The Morgan fingerprint density at radius 1 is 1.11 bits per heavy atom. The maximum atomic E-state index is 13.4. The standard InChI is InChI=1S/C36H53N3O6/c1-27(12-8-9-13-29-14-10-11-21-37-29)34-28(2)17-18-32(36(3,43)20-19-31(40)26-33(41)45-34)44-35(42)39-24-22-38(23-25-39)30-15-6-4-5-7-16-30/h8-12,14,17-18,21,28,30-32,34,40,43H,4-7,13,15-16,19-20,22-26H2,1-3H3/b9-8+,18-17+,27-12+/t28-,31+,32+,34+,36+/m0/s1. The van der Waals surface area contributed by atoms with Crippen molar-refractivity contribution in [2.45, 2.75) is 115 Å². The fourth-order valence-electron chi connectivity index (χ4n) is 6.55. The molecule has 2 N–H and O–H groups in total. The normalized spacial score (nSPS) is 31.0.